The Balaban J connectivity index is 1.87. The number of hydrogen-bond donors (Lipinski definition) is 1. The van der Waals surface area contributed by atoms with Crippen molar-refractivity contribution in [3.8, 4) is 0 Å². The largest absolute Gasteiger partial charge is 0.273 e. The second-order valence-electron chi connectivity index (χ2n) is 6.47. The summed E-state index contributed by atoms with van der Waals surface area (Å²) in [5.41, 5.74) is 5.37. The molecule has 2 rings (SSSR count). The van der Waals surface area contributed by atoms with E-state index in [1.165, 1.54) is 32.1 Å². The zero-order valence-electron chi connectivity index (χ0n) is 15.7. The summed E-state index contributed by atoms with van der Waals surface area (Å²) in [6.45, 7) is 2.22. The molecule has 0 aliphatic heterocycles. The van der Waals surface area contributed by atoms with Gasteiger partial charge in [-0.15, -0.1) is 0 Å². The Morgan fingerprint density at radius 3 is 2.19 bits per heavy atom. The van der Waals surface area contributed by atoms with Gasteiger partial charge in [0.05, 0.1) is 5.71 Å². The molecule has 0 aliphatic rings. The fourth-order valence-corrected chi connectivity index (χ4v) is 2.82. The number of hydrogen-bond acceptors (Lipinski definition) is 3. The fourth-order valence-electron chi connectivity index (χ4n) is 2.82. The van der Waals surface area contributed by atoms with Crippen LogP contribution in [-0.2, 0) is 4.79 Å². The second kappa shape index (κ2) is 12.0. The summed E-state index contributed by atoms with van der Waals surface area (Å²) in [7, 11) is 0. The fraction of sp³-hybridized carbons (Fsp3) is 0.409. The van der Waals surface area contributed by atoms with Gasteiger partial charge in [0.1, 0.15) is 0 Å². The van der Waals surface area contributed by atoms with E-state index in [0.717, 1.165) is 29.7 Å². The number of nitrogens with zero attached hydrogens (tertiary/aromatic N) is 2. The first-order chi connectivity index (χ1) is 12.8. The Bertz CT molecular complexity index is 627. The van der Waals surface area contributed by atoms with Crippen molar-refractivity contribution < 1.29 is 4.79 Å². The first kappa shape index (κ1) is 19.8. The number of carbonyl (C=O) groups excluding carboxylic acids is 1. The van der Waals surface area contributed by atoms with Crippen molar-refractivity contribution in [2.45, 2.75) is 58.3 Å². The van der Waals surface area contributed by atoms with Crippen LogP contribution in [-0.4, -0.2) is 16.6 Å². The third-order valence-corrected chi connectivity index (χ3v) is 4.30. The average Bonchev–Trinajstić information content (AvgIpc) is 2.69. The highest BCUT2D eigenvalue weighted by Crippen LogP contribution is 2.10. The maximum atomic E-state index is 12.1. The molecule has 0 aliphatic carbocycles. The summed E-state index contributed by atoms with van der Waals surface area (Å²) >= 11 is 0. The van der Waals surface area contributed by atoms with Crippen molar-refractivity contribution in [1.29, 1.82) is 0 Å². The zero-order valence-corrected chi connectivity index (χ0v) is 15.7. The van der Waals surface area contributed by atoms with Crippen molar-refractivity contribution in [1.82, 2.24) is 10.4 Å². The number of amides is 1. The van der Waals surface area contributed by atoms with Crippen LogP contribution in [0.5, 0.6) is 0 Å². The molecule has 0 bridgehead atoms. The Hall–Kier alpha value is -2.49. The molecule has 1 amide bonds. The Labute approximate surface area is 156 Å². The van der Waals surface area contributed by atoms with Crippen molar-refractivity contribution in [3.05, 3.63) is 66.0 Å². The smallest absolute Gasteiger partial charge is 0.240 e. The van der Waals surface area contributed by atoms with Gasteiger partial charge in [-0.05, 0) is 18.6 Å². The van der Waals surface area contributed by atoms with Gasteiger partial charge < -0.3 is 0 Å². The summed E-state index contributed by atoms with van der Waals surface area (Å²) in [6.07, 6.45) is 12.4. The summed E-state index contributed by atoms with van der Waals surface area (Å²) < 4.78 is 0. The number of benzene rings is 1. The van der Waals surface area contributed by atoms with Crippen LogP contribution in [0.15, 0.2) is 60.0 Å². The van der Waals surface area contributed by atoms with Crippen LogP contribution in [0, 0.1) is 0 Å². The van der Waals surface area contributed by atoms with Crippen LogP contribution in [0.25, 0.3) is 0 Å². The second-order valence-corrected chi connectivity index (χ2v) is 6.47. The molecule has 26 heavy (non-hydrogen) atoms. The van der Waals surface area contributed by atoms with Gasteiger partial charge in [-0.25, -0.2) is 5.43 Å². The Morgan fingerprint density at radius 2 is 1.50 bits per heavy atom. The normalized spacial score (nSPS) is 11.3. The van der Waals surface area contributed by atoms with E-state index in [-0.39, 0.29) is 5.91 Å². The standard InChI is InChI=1S/C22H29N3O/c1-2-3-4-5-6-7-11-14-21(26)24-25-22(19-12-9-8-10-13-19)20-15-17-23-18-16-20/h8-10,12-13,15-18H,2-7,11,14H2,1H3,(H,24,26). The lowest BCUT2D eigenvalue weighted by molar-refractivity contribution is -0.121. The molecule has 1 heterocycles. The van der Waals surface area contributed by atoms with Crippen LogP contribution in [0.4, 0.5) is 0 Å². The van der Waals surface area contributed by atoms with Crippen LogP contribution in [0.2, 0.25) is 0 Å². The maximum absolute atomic E-state index is 12.1. The van der Waals surface area contributed by atoms with E-state index in [2.05, 4.69) is 22.4 Å². The van der Waals surface area contributed by atoms with E-state index in [1.54, 1.807) is 12.4 Å². The molecule has 0 atom stereocenters. The predicted molar refractivity (Wildman–Crippen MR) is 107 cm³/mol. The van der Waals surface area contributed by atoms with Gasteiger partial charge >= 0.3 is 0 Å². The average molecular weight is 351 g/mol. The number of aromatic nitrogens is 1. The summed E-state index contributed by atoms with van der Waals surface area (Å²) in [6, 6.07) is 13.7. The number of unbranched alkanes of at least 4 members (excludes halogenated alkanes) is 6. The molecule has 138 valence electrons. The number of carbonyl (C=O) groups is 1. The van der Waals surface area contributed by atoms with Gasteiger partial charge in [-0.2, -0.15) is 5.10 Å². The minimum atomic E-state index is -0.0268. The number of pyridine rings is 1. The third kappa shape index (κ3) is 7.18. The van der Waals surface area contributed by atoms with Gasteiger partial charge in [0.2, 0.25) is 5.91 Å². The Kier molecular flexibility index (Phi) is 9.12. The monoisotopic (exact) mass is 351 g/mol. The highest BCUT2D eigenvalue weighted by atomic mass is 16.2. The highest BCUT2D eigenvalue weighted by Gasteiger charge is 2.08. The molecule has 2 aromatic rings. The molecule has 0 saturated heterocycles. The highest BCUT2D eigenvalue weighted by molar-refractivity contribution is 6.13. The molecule has 0 spiro atoms. The van der Waals surface area contributed by atoms with Gasteiger partial charge in [-0.3, -0.25) is 9.78 Å². The third-order valence-electron chi connectivity index (χ3n) is 4.30. The molecule has 0 unspecified atom stereocenters. The zero-order chi connectivity index (χ0) is 18.5. The molecule has 1 N–H and O–H groups in total. The minimum absolute atomic E-state index is 0.0268. The lowest BCUT2D eigenvalue weighted by Crippen LogP contribution is -2.20. The molecule has 0 saturated carbocycles. The predicted octanol–water partition coefficient (Wildman–Crippen LogP) is 5.09. The molecule has 0 fully saturated rings. The van der Waals surface area contributed by atoms with Crippen LogP contribution < -0.4 is 5.43 Å². The Morgan fingerprint density at radius 1 is 0.885 bits per heavy atom. The molecule has 1 aromatic carbocycles. The van der Waals surface area contributed by atoms with Crippen molar-refractivity contribution in [2.24, 2.45) is 5.10 Å². The van der Waals surface area contributed by atoms with Crippen molar-refractivity contribution in [3.63, 3.8) is 0 Å². The molecule has 0 radical (unpaired) electrons. The maximum Gasteiger partial charge on any atom is 0.240 e. The number of hydrazone groups is 1. The summed E-state index contributed by atoms with van der Waals surface area (Å²) in [5.74, 6) is -0.0268. The van der Waals surface area contributed by atoms with Crippen LogP contribution in [0.1, 0.15) is 69.4 Å². The van der Waals surface area contributed by atoms with Gasteiger partial charge in [0.15, 0.2) is 0 Å². The summed E-state index contributed by atoms with van der Waals surface area (Å²) in [4.78, 5) is 16.2. The molecule has 4 nitrogen and oxygen atoms in total. The molecular weight excluding hydrogens is 322 g/mol. The number of nitrogens with one attached hydrogen (secondary N) is 1. The van der Waals surface area contributed by atoms with E-state index in [9.17, 15) is 4.79 Å². The van der Waals surface area contributed by atoms with E-state index >= 15 is 0 Å². The van der Waals surface area contributed by atoms with Crippen LogP contribution in [0.3, 0.4) is 0 Å². The SMILES string of the molecule is CCCCCCCCCC(=O)NN=C(c1ccccc1)c1ccncc1. The van der Waals surface area contributed by atoms with E-state index in [0.29, 0.717) is 6.42 Å². The van der Waals surface area contributed by atoms with Gasteiger partial charge in [0.25, 0.3) is 0 Å². The van der Waals surface area contributed by atoms with Crippen molar-refractivity contribution in [2.75, 3.05) is 0 Å². The first-order valence-corrected chi connectivity index (χ1v) is 9.63. The minimum Gasteiger partial charge on any atom is -0.273 e. The number of rotatable bonds is 11. The lowest BCUT2D eigenvalue weighted by atomic mass is 10.0. The van der Waals surface area contributed by atoms with E-state index in [1.807, 2.05) is 42.5 Å². The van der Waals surface area contributed by atoms with E-state index < -0.39 is 0 Å². The van der Waals surface area contributed by atoms with E-state index in [4.69, 9.17) is 0 Å². The quantitative estimate of drug-likeness (QED) is 0.348. The van der Waals surface area contributed by atoms with Gasteiger partial charge in [0, 0.05) is 29.9 Å². The summed E-state index contributed by atoms with van der Waals surface area (Å²) in [5, 5.41) is 4.39. The first-order valence-electron chi connectivity index (χ1n) is 9.63. The van der Waals surface area contributed by atoms with Gasteiger partial charge in [-0.1, -0.05) is 75.8 Å². The van der Waals surface area contributed by atoms with Crippen LogP contribution >= 0.6 is 0 Å². The van der Waals surface area contributed by atoms with Crippen molar-refractivity contribution >= 4 is 11.6 Å². The molecular formula is C22H29N3O. The lowest BCUT2D eigenvalue weighted by Gasteiger charge is -2.08. The molecule has 4 heteroatoms. The topological polar surface area (TPSA) is 54.4 Å². The molecule has 1 aromatic heterocycles.